The molecule has 0 aromatic heterocycles. The lowest BCUT2D eigenvalue weighted by atomic mass is 10.1. The molecule has 0 saturated heterocycles. The van der Waals surface area contributed by atoms with E-state index in [9.17, 15) is 9.59 Å². The van der Waals surface area contributed by atoms with Gasteiger partial charge in [-0.2, -0.15) is 5.26 Å². The lowest BCUT2D eigenvalue weighted by Crippen LogP contribution is -2.21. The highest BCUT2D eigenvalue weighted by atomic mass is 16.5. The van der Waals surface area contributed by atoms with E-state index in [0.717, 1.165) is 0 Å². The molecular weight excluding hydrogens is 308 g/mol. The van der Waals surface area contributed by atoms with Gasteiger partial charge < -0.3 is 14.8 Å². The molecule has 0 unspecified atom stereocenters. The number of esters is 1. The van der Waals surface area contributed by atoms with E-state index in [1.165, 1.54) is 12.1 Å². The highest BCUT2D eigenvalue weighted by molar-refractivity contribution is 5.96. The first kappa shape index (κ1) is 17.0. The maximum absolute atomic E-state index is 11.9. The van der Waals surface area contributed by atoms with Gasteiger partial charge in [-0.15, -0.1) is 0 Å². The van der Waals surface area contributed by atoms with Crippen molar-refractivity contribution in [1.29, 1.82) is 5.26 Å². The predicted octanol–water partition coefficient (Wildman–Crippen LogP) is 2.75. The third-order valence-electron chi connectivity index (χ3n) is 3.02. The third kappa shape index (κ3) is 4.58. The number of hydrogen-bond donors (Lipinski definition) is 1. The van der Waals surface area contributed by atoms with E-state index in [4.69, 9.17) is 14.7 Å². The fourth-order valence-corrected chi connectivity index (χ4v) is 1.97. The number of rotatable bonds is 6. The Morgan fingerprint density at radius 2 is 1.96 bits per heavy atom. The Labute approximate surface area is 139 Å². The molecule has 0 aliphatic rings. The highest BCUT2D eigenvalue weighted by Gasteiger charge is 2.12. The van der Waals surface area contributed by atoms with E-state index in [0.29, 0.717) is 23.6 Å². The molecule has 0 aliphatic carbocycles. The Morgan fingerprint density at radius 3 is 2.71 bits per heavy atom. The summed E-state index contributed by atoms with van der Waals surface area (Å²) in [6.45, 7) is 1.88. The van der Waals surface area contributed by atoms with Gasteiger partial charge in [-0.3, -0.25) is 4.79 Å². The molecule has 1 amide bonds. The molecular formula is C18H16N2O4. The van der Waals surface area contributed by atoms with Crippen LogP contribution in [0.5, 0.6) is 5.75 Å². The SMILES string of the molecule is CCOc1ccccc1NC(=O)COC(=O)c1cccc(C#N)c1. The molecule has 2 aromatic rings. The van der Waals surface area contributed by atoms with Crippen molar-refractivity contribution in [2.75, 3.05) is 18.5 Å². The summed E-state index contributed by atoms with van der Waals surface area (Å²) in [6.07, 6.45) is 0. The van der Waals surface area contributed by atoms with Gasteiger partial charge in [-0.1, -0.05) is 18.2 Å². The average molecular weight is 324 g/mol. The Balaban J connectivity index is 1.93. The highest BCUT2D eigenvalue weighted by Crippen LogP contribution is 2.23. The first-order valence-electron chi connectivity index (χ1n) is 7.33. The minimum absolute atomic E-state index is 0.219. The number of para-hydroxylation sites is 2. The van der Waals surface area contributed by atoms with Crippen LogP contribution in [0, 0.1) is 11.3 Å². The quantitative estimate of drug-likeness (QED) is 0.825. The van der Waals surface area contributed by atoms with Crippen molar-refractivity contribution in [2.24, 2.45) is 0 Å². The Kier molecular flexibility index (Phi) is 5.92. The second kappa shape index (κ2) is 8.34. The summed E-state index contributed by atoms with van der Waals surface area (Å²) in [5.41, 5.74) is 1.07. The van der Waals surface area contributed by atoms with Gasteiger partial charge in [-0.05, 0) is 37.3 Å². The molecule has 1 N–H and O–H groups in total. The smallest absolute Gasteiger partial charge is 0.338 e. The average Bonchev–Trinajstić information content (AvgIpc) is 2.61. The Hall–Kier alpha value is -3.33. The van der Waals surface area contributed by atoms with Crippen LogP contribution in [-0.2, 0) is 9.53 Å². The van der Waals surface area contributed by atoms with Crippen LogP contribution in [0.25, 0.3) is 0 Å². The van der Waals surface area contributed by atoms with E-state index in [2.05, 4.69) is 5.32 Å². The van der Waals surface area contributed by atoms with Gasteiger partial charge in [0.2, 0.25) is 0 Å². The number of nitriles is 1. The summed E-state index contributed by atoms with van der Waals surface area (Å²) in [7, 11) is 0. The third-order valence-corrected chi connectivity index (χ3v) is 3.02. The molecule has 0 fully saturated rings. The van der Waals surface area contributed by atoms with Crippen molar-refractivity contribution in [3.63, 3.8) is 0 Å². The molecule has 24 heavy (non-hydrogen) atoms. The van der Waals surface area contributed by atoms with Crippen molar-refractivity contribution in [1.82, 2.24) is 0 Å². The number of nitrogens with zero attached hydrogens (tertiary/aromatic N) is 1. The number of hydrogen-bond acceptors (Lipinski definition) is 5. The standard InChI is InChI=1S/C18H16N2O4/c1-2-23-16-9-4-3-8-15(16)20-17(21)12-24-18(22)14-7-5-6-13(10-14)11-19/h3-10H,2,12H2,1H3,(H,20,21). The van der Waals surface area contributed by atoms with Crippen LogP contribution in [0.1, 0.15) is 22.8 Å². The molecule has 0 saturated carbocycles. The van der Waals surface area contributed by atoms with Gasteiger partial charge in [-0.25, -0.2) is 4.79 Å². The summed E-state index contributed by atoms with van der Waals surface area (Å²) in [4.78, 5) is 23.8. The number of carbonyl (C=O) groups excluding carboxylic acids is 2. The van der Waals surface area contributed by atoms with Crippen LogP contribution < -0.4 is 10.1 Å². The van der Waals surface area contributed by atoms with E-state index in [-0.39, 0.29) is 5.56 Å². The normalized spacial score (nSPS) is 9.67. The predicted molar refractivity (Wildman–Crippen MR) is 87.7 cm³/mol. The van der Waals surface area contributed by atoms with Gasteiger partial charge in [0.25, 0.3) is 5.91 Å². The van der Waals surface area contributed by atoms with Gasteiger partial charge >= 0.3 is 5.97 Å². The van der Waals surface area contributed by atoms with Crippen molar-refractivity contribution in [3.05, 3.63) is 59.7 Å². The first-order chi connectivity index (χ1) is 11.6. The molecule has 0 atom stereocenters. The molecule has 6 heteroatoms. The van der Waals surface area contributed by atoms with Gasteiger partial charge in [0.05, 0.1) is 29.5 Å². The maximum atomic E-state index is 11.9. The van der Waals surface area contributed by atoms with E-state index in [1.807, 2.05) is 13.0 Å². The monoisotopic (exact) mass is 324 g/mol. The number of anilines is 1. The Bertz CT molecular complexity index is 781. The minimum Gasteiger partial charge on any atom is -0.492 e. The zero-order valence-corrected chi connectivity index (χ0v) is 13.1. The molecule has 0 bridgehead atoms. The molecule has 0 aliphatic heterocycles. The molecule has 122 valence electrons. The van der Waals surface area contributed by atoms with Crippen molar-refractivity contribution in [3.8, 4) is 11.8 Å². The second-order valence-electron chi connectivity index (χ2n) is 4.75. The van der Waals surface area contributed by atoms with E-state index in [1.54, 1.807) is 36.4 Å². The molecule has 0 radical (unpaired) electrons. The van der Waals surface area contributed by atoms with Crippen LogP contribution in [0.2, 0.25) is 0 Å². The number of amides is 1. The lowest BCUT2D eigenvalue weighted by Gasteiger charge is -2.11. The zero-order chi connectivity index (χ0) is 17.4. The molecule has 0 spiro atoms. The number of nitrogens with one attached hydrogen (secondary N) is 1. The number of carbonyl (C=O) groups is 2. The minimum atomic E-state index is -0.666. The molecule has 6 nitrogen and oxygen atoms in total. The van der Waals surface area contributed by atoms with Crippen molar-refractivity contribution >= 4 is 17.6 Å². The van der Waals surface area contributed by atoms with Crippen LogP contribution in [-0.4, -0.2) is 25.1 Å². The summed E-state index contributed by atoms with van der Waals surface area (Å²) < 4.78 is 10.4. The fourth-order valence-electron chi connectivity index (χ4n) is 1.97. The van der Waals surface area contributed by atoms with Crippen molar-refractivity contribution in [2.45, 2.75) is 6.92 Å². The molecule has 2 aromatic carbocycles. The number of ether oxygens (including phenoxy) is 2. The van der Waals surface area contributed by atoms with Crippen LogP contribution >= 0.6 is 0 Å². The van der Waals surface area contributed by atoms with Gasteiger partial charge in [0.15, 0.2) is 6.61 Å². The molecule has 2 rings (SSSR count). The van der Waals surface area contributed by atoms with Crippen molar-refractivity contribution < 1.29 is 19.1 Å². The summed E-state index contributed by atoms with van der Waals surface area (Å²) in [5.74, 6) is -0.603. The number of benzene rings is 2. The maximum Gasteiger partial charge on any atom is 0.338 e. The second-order valence-corrected chi connectivity index (χ2v) is 4.75. The van der Waals surface area contributed by atoms with Crippen LogP contribution in [0.15, 0.2) is 48.5 Å². The summed E-state index contributed by atoms with van der Waals surface area (Å²) in [5, 5.41) is 11.4. The largest absolute Gasteiger partial charge is 0.492 e. The van der Waals surface area contributed by atoms with Crippen LogP contribution in [0.4, 0.5) is 5.69 Å². The van der Waals surface area contributed by atoms with Gasteiger partial charge in [0, 0.05) is 0 Å². The van der Waals surface area contributed by atoms with Gasteiger partial charge in [0.1, 0.15) is 5.75 Å². The lowest BCUT2D eigenvalue weighted by molar-refractivity contribution is -0.119. The zero-order valence-electron chi connectivity index (χ0n) is 13.1. The molecule has 0 heterocycles. The summed E-state index contributed by atoms with van der Waals surface area (Å²) in [6, 6.07) is 15.0. The van der Waals surface area contributed by atoms with Crippen LogP contribution in [0.3, 0.4) is 0 Å². The van der Waals surface area contributed by atoms with E-state index >= 15 is 0 Å². The summed E-state index contributed by atoms with van der Waals surface area (Å²) >= 11 is 0. The Morgan fingerprint density at radius 1 is 1.17 bits per heavy atom. The van der Waals surface area contributed by atoms with E-state index < -0.39 is 18.5 Å². The topological polar surface area (TPSA) is 88.4 Å². The first-order valence-corrected chi connectivity index (χ1v) is 7.33. The fraction of sp³-hybridized carbons (Fsp3) is 0.167.